The van der Waals surface area contributed by atoms with Gasteiger partial charge >= 0.3 is 0 Å². The topological polar surface area (TPSA) is 29.9 Å². The number of nitrogens with one attached hydrogen (secondary N) is 1. The van der Waals surface area contributed by atoms with Crippen molar-refractivity contribution < 1.29 is 4.39 Å². The fraction of sp³-hybridized carbons (Fsp3) is 0.438. The molecular formula is C16H21BrFN3. The first-order valence-electron chi connectivity index (χ1n) is 7.18. The Labute approximate surface area is 133 Å². The van der Waals surface area contributed by atoms with Crippen molar-refractivity contribution in [2.24, 2.45) is 0 Å². The monoisotopic (exact) mass is 353 g/mol. The predicted molar refractivity (Wildman–Crippen MR) is 87.0 cm³/mol. The summed E-state index contributed by atoms with van der Waals surface area (Å²) in [5.74, 6) is -0.182. The van der Waals surface area contributed by atoms with Gasteiger partial charge in [0, 0.05) is 19.0 Å². The minimum absolute atomic E-state index is 0.182. The number of rotatable bonds is 6. The molecule has 0 radical (unpaired) electrons. The van der Waals surface area contributed by atoms with Crippen LogP contribution in [0.5, 0.6) is 0 Å². The second-order valence-corrected chi connectivity index (χ2v) is 5.98. The molecule has 1 unspecified atom stereocenters. The summed E-state index contributed by atoms with van der Waals surface area (Å²) in [6.45, 7) is 4.93. The molecule has 1 heterocycles. The Kier molecular flexibility index (Phi) is 5.53. The van der Waals surface area contributed by atoms with Gasteiger partial charge in [-0.3, -0.25) is 4.68 Å². The normalized spacial score (nSPS) is 12.6. The molecule has 0 aliphatic heterocycles. The Morgan fingerprint density at radius 2 is 2.14 bits per heavy atom. The summed E-state index contributed by atoms with van der Waals surface area (Å²) < 4.78 is 16.4. The molecule has 1 aromatic carbocycles. The summed E-state index contributed by atoms with van der Waals surface area (Å²) in [4.78, 5) is 0. The number of benzene rings is 1. The van der Waals surface area contributed by atoms with Crippen molar-refractivity contribution >= 4 is 15.9 Å². The molecule has 0 bridgehead atoms. The van der Waals surface area contributed by atoms with E-state index in [0.717, 1.165) is 35.1 Å². The number of likely N-dealkylation sites (N-methyl/N-ethyl adjacent to an activating group) is 1. The molecule has 1 atom stereocenters. The minimum Gasteiger partial charge on any atom is -0.316 e. The predicted octanol–water partition coefficient (Wildman–Crippen LogP) is 3.49. The lowest BCUT2D eigenvalue weighted by molar-refractivity contribution is 0.517. The minimum atomic E-state index is -0.182. The van der Waals surface area contributed by atoms with E-state index < -0.39 is 0 Å². The van der Waals surface area contributed by atoms with Gasteiger partial charge in [-0.1, -0.05) is 12.1 Å². The third kappa shape index (κ3) is 3.92. The Morgan fingerprint density at radius 3 is 2.76 bits per heavy atom. The van der Waals surface area contributed by atoms with Crippen LogP contribution in [0.4, 0.5) is 4.39 Å². The molecule has 0 aliphatic carbocycles. The van der Waals surface area contributed by atoms with E-state index in [1.165, 1.54) is 11.8 Å². The quantitative estimate of drug-likeness (QED) is 0.861. The van der Waals surface area contributed by atoms with E-state index in [-0.39, 0.29) is 11.9 Å². The van der Waals surface area contributed by atoms with Gasteiger partial charge in [-0.05, 0) is 60.9 Å². The van der Waals surface area contributed by atoms with Gasteiger partial charge in [0.15, 0.2) is 0 Å². The summed E-state index contributed by atoms with van der Waals surface area (Å²) >= 11 is 3.63. The number of aromatic nitrogens is 2. The Hall–Kier alpha value is -1.20. The summed E-state index contributed by atoms with van der Waals surface area (Å²) in [6.07, 6.45) is 1.64. The summed E-state index contributed by atoms with van der Waals surface area (Å²) in [7, 11) is 1.94. The zero-order chi connectivity index (χ0) is 15.4. The van der Waals surface area contributed by atoms with Crippen LogP contribution in [0, 0.1) is 12.7 Å². The molecule has 2 rings (SSSR count). The van der Waals surface area contributed by atoms with Gasteiger partial charge in [0.2, 0.25) is 0 Å². The second-order valence-electron chi connectivity index (χ2n) is 5.19. The van der Waals surface area contributed by atoms with Gasteiger partial charge in [-0.15, -0.1) is 0 Å². The standard InChI is InChI=1S/C16H21BrFN3/c1-4-21-15(16(17)11(2)20-21)10-14(19-3)9-12-6-5-7-13(18)8-12/h5-8,14,19H,4,9-10H2,1-3H3. The Balaban J connectivity index is 2.16. The van der Waals surface area contributed by atoms with Crippen LogP contribution < -0.4 is 5.32 Å². The average Bonchev–Trinajstić information content (AvgIpc) is 2.74. The summed E-state index contributed by atoms with van der Waals surface area (Å²) in [5, 5.41) is 7.84. The average molecular weight is 354 g/mol. The first kappa shape index (κ1) is 16.2. The number of nitrogens with zero attached hydrogens (tertiary/aromatic N) is 2. The highest BCUT2D eigenvalue weighted by molar-refractivity contribution is 9.10. The highest BCUT2D eigenvalue weighted by Gasteiger charge is 2.17. The van der Waals surface area contributed by atoms with Crippen molar-refractivity contribution in [2.75, 3.05) is 7.05 Å². The fourth-order valence-corrected chi connectivity index (χ4v) is 2.97. The third-order valence-corrected chi connectivity index (χ3v) is 4.70. The second kappa shape index (κ2) is 7.18. The lowest BCUT2D eigenvalue weighted by atomic mass is 10.0. The van der Waals surface area contributed by atoms with Crippen molar-refractivity contribution in [3.05, 3.63) is 51.5 Å². The molecule has 0 saturated heterocycles. The molecule has 0 spiro atoms. The fourth-order valence-electron chi connectivity index (χ4n) is 2.52. The van der Waals surface area contributed by atoms with Crippen LogP contribution in [-0.4, -0.2) is 22.9 Å². The van der Waals surface area contributed by atoms with Crippen LogP contribution >= 0.6 is 15.9 Å². The molecule has 114 valence electrons. The maximum atomic E-state index is 13.3. The van der Waals surface area contributed by atoms with E-state index in [4.69, 9.17) is 0 Å². The maximum Gasteiger partial charge on any atom is 0.123 e. The first-order chi connectivity index (χ1) is 10.0. The van der Waals surface area contributed by atoms with Crippen molar-refractivity contribution in [2.45, 2.75) is 39.3 Å². The molecule has 5 heteroatoms. The van der Waals surface area contributed by atoms with Gasteiger partial charge in [-0.25, -0.2) is 4.39 Å². The molecule has 0 amide bonds. The van der Waals surface area contributed by atoms with Crippen LogP contribution in [-0.2, 0) is 19.4 Å². The Bertz CT molecular complexity index is 610. The maximum absolute atomic E-state index is 13.3. The van der Waals surface area contributed by atoms with Crippen LogP contribution in [0.1, 0.15) is 23.9 Å². The van der Waals surface area contributed by atoms with E-state index >= 15 is 0 Å². The lowest BCUT2D eigenvalue weighted by Gasteiger charge is -2.17. The van der Waals surface area contributed by atoms with Crippen LogP contribution in [0.2, 0.25) is 0 Å². The van der Waals surface area contributed by atoms with E-state index in [0.29, 0.717) is 0 Å². The van der Waals surface area contributed by atoms with Crippen molar-refractivity contribution in [3.63, 3.8) is 0 Å². The van der Waals surface area contributed by atoms with Crippen LogP contribution in [0.3, 0.4) is 0 Å². The van der Waals surface area contributed by atoms with Gasteiger partial charge < -0.3 is 5.32 Å². The molecule has 0 saturated carbocycles. The molecular weight excluding hydrogens is 333 g/mol. The van der Waals surface area contributed by atoms with E-state index in [1.807, 2.05) is 24.7 Å². The van der Waals surface area contributed by atoms with Gasteiger partial charge in [0.25, 0.3) is 0 Å². The largest absolute Gasteiger partial charge is 0.316 e. The van der Waals surface area contributed by atoms with Crippen LogP contribution in [0.25, 0.3) is 0 Å². The first-order valence-corrected chi connectivity index (χ1v) is 7.98. The summed E-state index contributed by atoms with van der Waals surface area (Å²) in [6, 6.07) is 7.04. The Morgan fingerprint density at radius 1 is 1.38 bits per heavy atom. The van der Waals surface area contributed by atoms with Crippen molar-refractivity contribution in [1.29, 1.82) is 0 Å². The SMILES string of the molecule is CCn1nc(C)c(Br)c1CC(Cc1cccc(F)c1)NC. The number of halogens is 2. The van der Waals surface area contributed by atoms with E-state index in [9.17, 15) is 4.39 Å². The number of aryl methyl sites for hydroxylation is 2. The highest BCUT2D eigenvalue weighted by Crippen LogP contribution is 2.23. The van der Waals surface area contributed by atoms with Crippen molar-refractivity contribution in [1.82, 2.24) is 15.1 Å². The molecule has 3 nitrogen and oxygen atoms in total. The number of hydrogen-bond acceptors (Lipinski definition) is 2. The molecule has 0 fully saturated rings. The molecule has 1 aromatic heterocycles. The van der Waals surface area contributed by atoms with Crippen molar-refractivity contribution in [3.8, 4) is 0 Å². The lowest BCUT2D eigenvalue weighted by Crippen LogP contribution is -2.31. The molecule has 0 aliphatic rings. The van der Waals surface area contributed by atoms with Crippen LogP contribution in [0.15, 0.2) is 28.7 Å². The smallest absolute Gasteiger partial charge is 0.123 e. The number of hydrogen-bond donors (Lipinski definition) is 1. The van der Waals surface area contributed by atoms with Gasteiger partial charge in [-0.2, -0.15) is 5.10 Å². The van der Waals surface area contributed by atoms with E-state index in [1.54, 1.807) is 12.1 Å². The zero-order valence-electron chi connectivity index (χ0n) is 12.7. The third-order valence-electron chi connectivity index (χ3n) is 3.67. The van der Waals surface area contributed by atoms with Gasteiger partial charge in [0.05, 0.1) is 15.9 Å². The molecule has 21 heavy (non-hydrogen) atoms. The summed E-state index contributed by atoms with van der Waals surface area (Å²) in [5.41, 5.74) is 3.20. The highest BCUT2D eigenvalue weighted by atomic mass is 79.9. The molecule has 1 N–H and O–H groups in total. The molecule has 2 aromatic rings. The van der Waals surface area contributed by atoms with Gasteiger partial charge in [0.1, 0.15) is 5.82 Å². The van der Waals surface area contributed by atoms with E-state index in [2.05, 4.69) is 33.3 Å². The zero-order valence-corrected chi connectivity index (χ0v) is 14.2.